The fourth-order valence-corrected chi connectivity index (χ4v) is 3.06. The second kappa shape index (κ2) is 7.72. The highest BCUT2D eigenvalue weighted by molar-refractivity contribution is 5.43. The van der Waals surface area contributed by atoms with E-state index in [1.165, 1.54) is 0 Å². The van der Waals surface area contributed by atoms with E-state index in [4.69, 9.17) is 0 Å². The summed E-state index contributed by atoms with van der Waals surface area (Å²) in [6.45, 7) is 4.00. The molecule has 0 radical (unpaired) electrons. The summed E-state index contributed by atoms with van der Waals surface area (Å²) >= 11 is 0. The largest absolute Gasteiger partial charge is 0.416 e. The van der Waals surface area contributed by atoms with Crippen molar-refractivity contribution in [2.45, 2.75) is 51.9 Å². The van der Waals surface area contributed by atoms with E-state index in [9.17, 15) is 26.3 Å². The van der Waals surface area contributed by atoms with Gasteiger partial charge in [-0.05, 0) is 60.1 Å². The molecule has 0 saturated carbocycles. The van der Waals surface area contributed by atoms with Crippen molar-refractivity contribution in [2.24, 2.45) is 0 Å². The minimum atomic E-state index is -4.67. The molecule has 0 saturated heterocycles. The Morgan fingerprint density at radius 2 is 0.885 bits per heavy atom. The van der Waals surface area contributed by atoms with Crippen LogP contribution in [0.4, 0.5) is 26.3 Å². The van der Waals surface area contributed by atoms with E-state index >= 15 is 0 Å². The van der Waals surface area contributed by atoms with E-state index in [2.05, 4.69) is 0 Å². The third-order valence-corrected chi connectivity index (χ3v) is 4.33. The Kier molecular flexibility index (Phi) is 6.04. The van der Waals surface area contributed by atoms with Crippen LogP contribution in [0, 0.1) is 0 Å². The second-order valence-corrected chi connectivity index (χ2v) is 5.98. The lowest BCUT2D eigenvalue weighted by Gasteiger charge is -2.21. The Balaban J connectivity index is 0.00000117. The number of aryl methyl sites for hydroxylation is 4. The molecule has 0 fully saturated rings. The van der Waals surface area contributed by atoms with E-state index in [1.807, 2.05) is 38.1 Å². The van der Waals surface area contributed by atoms with Gasteiger partial charge in [-0.2, -0.15) is 26.3 Å². The summed E-state index contributed by atoms with van der Waals surface area (Å²) in [4.78, 5) is 0. The van der Waals surface area contributed by atoms with Crippen LogP contribution in [0.25, 0.3) is 0 Å². The Morgan fingerprint density at radius 3 is 1.15 bits per heavy atom. The molecular weight excluding hydrogens is 354 g/mol. The van der Waals surface area contributed by atoms with Gasteiger partial charge in [0.25, 0.3) is 0 Å². The number of hydrogen-bond acceptors (Lipinski definition) is 0. The van der Waals surface area contributed by atoms with Crippen molar-refractivity contribution in [2.75, 3.05) is 0 Å². The molecule has 0 spiro atoms. The fourth-order valence-electron chi connectivity index (χ4n) is 3.06. The summed E-state index contributed by atoms with van der Waals surface area (Å²) in [5.41, 5.74) is -0.900. The van der Waals surface area contributed by atoms with Crippen LogP contribution in [0.15, 0.2) is 36.4 Å². The molecule has 0 atom stereocenters. The molecule has 0 N–H and O–H groups in total. The molecule has 26 heavy (non-hydrogen) atoms. The third-order valence-electron chi connectivity index (χ3n) is 4.33. The van der Waals surface area contributed by atoms with Crippen molar-refractivity contribution in [1.29, 1.82) is 0 Å². The minimum absolute atomic E-state index is 0.0858. The van der Waals surface area contributed by atoms with Gasteiger partial charge < -0.3 is 0 Å². The molecular formula is C20H20F6. The first-order valence-corrected chi connectivity index (χ1v) is 8.52. The van der Waals surface area contributed by atoms with Crippen LogP contribution < -0.4 is 0 Å². The molecule has 6 heteroatoms. The molecule has 0 unspecified atom stereocenters. The lowest BCUT2D eigenvalue weighted by atomic mass is 9.89. The SMILES string of the molecule is CC.FC(F)(F)c1cc2c(C(F)(F)F)cc1CCc1ccc(cc1)CC2. The van der Waals surface area contributed by atoms with Crippen molar-refractivity contribution in [3.05, 3.63) is 69.8 Å². The summed E-state index contributed by atoms with van der Waals surface area (Å²) < 4.78 is 79.7. The summed E-state index contributed by atoms with van der Waals surface area (Å²) in [5.74, 6) is 0. The third kappa shape index (κ3) is 4.59. The highest BCUT2D eigenvalue weighted by Gasteiger charge is 2.39. The predicted molar refractivity (Wildman–Crippen MR) is 89.1 cm³/mol. The first kappa shape index (κ1) is 20.3. The Hall–Kier alpha value is -1.98. The second-order valence-electron chi connectivity index (χ2n) is 5.98. The van der Waals surface area contributed by atoms with Gasteiger partial charge in [-0.3, -0.25) is 0 Å². The van der Waals surface area contributed by atoms with Crippen molar-refractivity contribution in [3.63, 3.8) is 0 Å². The Labute approximate surface area is 148 Å². The van der Waals surface area contributed by atoms with Gasteiger partial charge in [0.15, 0.2) is 0 Å². The van der Waals surface area contributed by atoms with Crippen LogP contribution in [0.5, 0.6) is 0 Å². The fraction of sp³-hybridized carbons (Fsp3) is 0.400. The topological polar surface area (TPSA) is 0 Å². The van der Waals surface area contributed by atoms with Crippen LogP contribution >= 0.6 is 0 Å². The number of rotatable bonds is 0. The molecule has 0 aromatic heterocycles. The average molecular weight is 374 g/mol. The number of benzene rings is 2. The van der Waals surface area contributed by atoms with Crippen LogP contribution in [-0.4, -0.2) is 0 Å². The monoisotopic (exact) mass is 374 g/mol. The molecule has 0 nitrogen and oxygen atoms in total. The molecule has 0 heterocycles. The van der Waals surface area contributed by atoms with E-state index in [0.29, 0.717) is 12.1 Å². The predicted octanol–water partition coefficient (Wildman–Crippen LogP) is 6.63. The van der Waals surface area contributed by atoms with E-state index < -0.39 is 23.5 Å². The first-order chi connectivity index (χ1) is 12.1. The van der Waals surface area contributed by atoms with Crippen LogP contribution in [-0.2, 0) is 38.0 Å². The zero-order valence-electron chi connectivity index (χ0n) is 14.6. The highest BCUT2D eigenvalue weighted by atomic mass is 19.4. The van der Waals surface area contributed by atoms with E-state index in [0.717, 1.165) is 11.1 Å². The molecule has 0 amide bonds. The Morgan fingerprint density at radius 1 is 0.577 bits per heavy atom. The number of hydrogen-bond donors (Lipinski definition) is 0. The van der Waals surface area contributed by atoms with Crippen molar-refractivity contribution in [3.8, 4) is 0 Å². The van der Waals surface area contributed by atoms with Gasteiger partial charge in [0.05, 0.1) is 11.1 Å². The molecule has 142 valence electrons. The maximum Gasteiger partial charge on any atom is 0.416 e. The molecule has 4 aliphatic carbocycles. The molecule has 2 aromatic carbocycles. The highest BCUT2D eigenvalue weighted by Crippen LogP contribution is 2.40. The van der Waals surface area contributed by atoms with Gasteiger partial charge in [0.1, 0.15) is 0 Å². The van der Waals surface area contributed by atoms with Gasteiger partial charge in [0.2, 0.25) is 0 Å². The zero-order valence-corrected chi connectivity index (χ0v) is 14.6. The first-order valence-electron chi connectivity index (χ1n) is 8.52. The lowest BCUT2D eigenvalue weighted by Crippen LogP contribution is -2.17. The summed E-state index contributed by atoms with van der Waals surface area (Å²) in [6, 6.07) is 8.66. The number of halogens is 6. The zero-order chi connectivity index (χ0) is 19.5. The number of alkyl halides is 6. The maximum absolute atomic E-state index is 13.3. The maximum atomic E-state index is 13.3. The van der Waals surface area contributed by atoms with E-state index in [-0.39, 0.29) is 36.8 Å². The van der Waals surface area contributed by atoms with Crippen LogP contribution in [0.1, 0.15) is 47.2 Å². The molecule has 0 aliphatic heterocycles. The summed E-state index contributed by atoms with van der Waals surface area (Å²) in [6.07, 6.45) is -8.98. The van der Waals surface area contributed by atoms with Crippen molar-refractivity contribution in [1.82, 2.24) is 0 Å². The van der Waals surface area contributed by atoms with Crippen LogP contribution in [0.2, 0.25) is 0 Å². The van der Waals surface area contributed by atoms with Gasteiger partial charge >= 0.3 is 12.4 Å². The average Bonchev–Trinajstić information content (AvgIpc) is 2.57. The normalized spacial score (nSPS) is 14.3. The van der Waals surface area contributed by atoms with Crippen molar-refractivity contribution < 1.29 is 26.3 Å². The lowest BCUT2D eigenvalue weighted by molar-refractivity contribution is -0.142. The molecule has 4 aliphatic rings. The van der Waals surface area contributed by atoms with Crippen molar-refractivity contribution >= 4 is 0 Å². The molecule has 6 rings (SSSR count). The van der Waals surface area contributed by atoms with Crippen LogP contribution in [0.3, 0.4) is 0 Å². The summed E-state index contributed by atoms with van der Waals surface area (Å²) in [7, 11) is 0. The molecule has 4 bridgehead atoms. The van der Waals surface area contributed by atoms with Gasteiger partial charge in [-0.25, -0.2) is 0 Å². The standard InChI is InChI=1S/C18H14F6.C2H6/c19-17(20,21)15-10-14-8-6-12-2-1-11(3-4-12)5-7-13(15)9-16(14)18(22,23)24;1-2/h1-4,9-10H,5-8H2;1-2H3. The smallest absolute Gasteiger partial charge is 0.166 e. The summed E-state index contributed by atoms with van der Waals surface area (Å²) in [5, 5.41) is 0. The molecule has 2 aromatic rings. The Bertz CT molecular complexity index is 674. The van der Waals surface area contributed by atoms with Gasteiger partial charge in [-0.1, -0.05) is 38.1 Å². The van der Waals surface area contributed by atoms with Gasteiger partial charge in [-0.15, -0.1) is 0 Å². The minimum Gasteiger partial charge on any atom is -0.166 e. The quantitative estimate of drug-likeness (QED) is 0.454. The van der Waals surface area contributed by atoms with Gasteiger partial charge in [0, 0.05) is 0 Å². The van der Waals surface area contributed by atoms with E-state index in [1.54, 1.807) is 0 Å².